The van der Waals surface area contributed by atoms with Crippen LogP contribution in [0.25, 0.3) is 6.08 Å². The number of ketones is 1. The molecule has 204 valence electrons. The fourth-order valence-corrected chi connectivity index (χ4v) is 6.38. The number of anilines is 1. The fraction of sp³-hybridized carbons (Fsp3) is 0.379. The van der Waals surface area contributed by atoms with Crippen molar-refractivity contribution in [1.82, 2.24) is 19.8 Å². The summed E-state index contributed by atoms with van der Waals surface area (Å²) in [6.07, 6.45) is 8.36. The predicted octanol–water partition coefficient (Wildman–Crippen LogP) is 3.54. The quantitative estimate of drug-likeness (QED) is 0.415. The molecule has 4 heterocycles. The molecule has 10 nitrogen and oxygen atoms in total. The summed E-state index contributed by atoms with van der Waals surface area (Å²) in [6, 6.07) is 7.44. The number of aliphatic hydroxyl groups is 1. The molecule has 0 radical (unpaired) electrons. The lowest BCUT2D eigenvalue weighted by molar-refractivity contribution is -0.144. The molecule has 0 aliphatic carbocycles. The van der Waals surface area contributed by atoms with E-state index in [1.165, 1.54) is 36.1 Å². The summed E-state index contributed by atoms with van der Waals surface area (Å²) < 4.78 is 1.80. The second kappa shape index (κ2) is 8.41. The number of nitrogens with zero attached hydrogens (tertiary/aromatic N) is 4. The normalized spacial score (nSPS) is 25.3. The molecule has 2 amide bonds. The summed E-state index contributed by atoms with van der Waals surface area (Å²) in [4.78, 5) is 50.9. The van der Waals surface area contributed by atoms with Crippen LogP contribution in [0.1, 0.15) is 52.3 Å². The fourth-order valence-electron chi connectivity index (χ4n) is 6.38. The average Bonchev–Trinajstić information content (AvgIpc) is 3.52. The summed E-state index contributed by atoms with van der Waals surface area (Å²) >= 11 is 0. The minimum atomic E-state index is -1.59. The monoisotopic (exact) mass is 531 g/mol. The zero-order chi connectivity index (χ0) is 28.5. The highest BCUT2D eigenvalue weighted by molar-refractivity contribution is 6.10. The van der Waals surface area contributed by atoms with Crippen molar-refractivity contribution in [3.8, 4) is 0 Å². The van der Waals surface area contributed by atoms with Crippen molar-refractivity contribution in [1.29, 1.82) is 0 Å². The standard InChI is InChI=1S/C29H33N5O5/c1-8-26(3,4)28-15-23(36)25(38)33-22(13-19-16-32(17-30-19)27(5,6)14-18(2)35)24(37)31-29(28,33)34(39-7)21-12-10-9-11-20(21)28/h8-13,15-17,36H,1,14H2,2-7H3,(H,31,37). The van der Waals surface area contributed by atoms with Crippen molar-refractivity contribution in [2.45, 2.75) is 57.8 Å². The highest BCUT2D eigenvalue weighted by Gasteiger charge is 2.77. The molecule has 1 aromatic heterocycles. The number of rotatable bonds is 7. The number of carbonyl (C=O) groups is 3. The number of allylic oxidation sites excluding steroid dienone is 1. The Hall–Kier alpha value is -4.18. The van der Waals surface area contributed by atoms with Crippen molar-refractivity contribution >= 4 is 29.4 Å². The van der Waals surface area contributed by atoms with Crippen LogP contribution in [0.15, 0.2) is 67.0 Å². The summed E-state index contributed by atoms with van der Waals surface area (Å²) in [5, 5.41) is 15.7. The number of fused-ring (bicyclic) bond motifs is 2. The topological polar surface area (TPSA) is 117 Å². The van der Waals surface area contributed by atoms with E-state index in [1.54, 1.807) is 23.2 Å². The Morgan fingerprint density at radius 1 is 1.23 bits per heavy atom. The Kier molecular flexibility index (Phi) is 5.70. The number of amides is 2. The van der Waals surface area contributed by atoms with Crippen LogP contribution in [-0.2, 0) is 30.2 Å². The van der Waals surface area contributed by atoms with Gasteiger partial charge in [-0.3, -0.25) is 24.1 Å². The molecule has 5 rings (SSSR count). The van der Waals surface area contributed by atoms with Gasteiger partial charge in [0.05, 0.1) is 30.2 Å². The van der Waals surface area contributed by atoms with Gasteiger partial charge in [0.2, 0.25) is 5.79 Å². The van der Waals surface area contributed by atoms with Gasteiger partial charge in [-0.05, 0) is 44.6 Å². The summed E-state index contributed by atoms with van der Waals surface area (Å²) in [7, 11) is 1.47. The molecule has 1 saturated heterocycles. The molecule has 1 aromatic carbocycles. The van der Waals surface area contributed by atoms with Crippen LogP contribution in [-0.4, -0.2) is 50.1 Å². The number of hydrogen-bond acceptors (Lipinski definition) is 7. The van der Waals surface area contributed by atoms with Gasteiger partial charge in [-0.15, -0.1) is 6.58 Å². The number of benzene rings is 1. The molecule has 3 aliphatic rings. The van der Waals surface area contributed by atoms with Crippen LogP contribution < -0.4 is 10.4 Å². The largest absolute Gasteiger partial charge is 0.503 e. The van der Waals surface area contributed by atoms with Crippen LogP contribution in [0, 0.1) is 5.41 Å². The van der Waals surface area contributed by atoms with Crippen molar-refractivity contribution in [2.24, 2.45) is 5.41 Å². The van der Waals surface area contributed by atoms with Gasteiger partial charge < -0.3 is 15.0 Å². The molecule has 0 saturated carbocycles. The lowest BCUT2D eigenvalue weighted by Gasteiger charge is -2.56. The van der Waals surface area contributed by atoms with Gasteiger partial charge in [0.1, 0.15) is 11.5 Å². The van der Waals surface area contributed by atoms with Crippen LogP contribution in [0.3, 0.4) is 0 Å². The molecule has 3 aliphatic heterocycles. The van der Waals surface area contributed by atoms with Crippen LogP contribution in [0.5, 0.6) is 0 Å². The summed E-state index contributed by atoms with van der Waals surface area (Å²) in [5.41, 5.74) is -0.755. The van der Waals surface area contributed by atoms with E-state index in [9.17, 15) is 19.5 Å². The number of aliphatic hydroxyl groups excluding tert-OH is 1. The van der Waals surface area contributed by atoms with E-state index < -0.39 is 39.7 Å². The lowest BCUT2D eigenvalue weighted by atomic mass is 9.57. The molecule has 0 bridgehead atoms. The number of Topliss-reactive ketones (excluding diaryl/α,β-unsaturated/α-hetero) is 1. The number of para-hydroxylation sites is 1. The van der Waals surface area contributed by atoms with Gasteiger partial charge in [-0.2, -0.15) is 0 Å². The first kappa shape index (κ1) is 26.4. The molecular weight excluding hydrogens is 498 g/mol. The maximum atomic E-state index is 13.8. The third kappa shape index (κ3) is 3.30. The highest BCUT2D eigenvalue weighted by Crippen LogP contribution is 2.64. The molecule has 1 fully saturated rings. The first-order valence-corrected chi connectivity index (χ1v) is 12.7. The van der Waals surface area contributed by atoms with E-state index >= 15 is 0 Å². The molecule has 2 atom stereocenters. The maximum absolute atomic E-state index is 13.8. The van der Waals surface area contributed by atoms with E-state index in [-0.39, 0.29) is 11.5 Å². The van der Waals surface area contributed by atoms with Gasteiger partial charge in [0.25, 0.3) is 11.8 Å². The van der Waals surface area contributed by atoms with Gasteiger partial charge in [-0.25, -0.2) is 10.0 Å². The van der Waals surface area contributed by atoms with E-state index in [4.69, 9.17) is 4.84 Å². The van der Waals surface area contributed by atoms with Gasteiger partial charge in [0.15, 0.2) is 5.76 Å². The van der Waals surface area contributed by atoms with Gasteiger partial charge >= 0.3 is 0 Å². The van der Waals surface area contributed by atoms with Crippen LogP contribution in [0.4, 0.5) is 5.69 Å². The number of hydrogen-bond donors (Lipinski definition) is 2. The molecular formula is C29H33N5O5. The van der Waals surface area contributed by atoms with E-state index in [0.717, 1.165) is 5.56 Å². The van der Waals surface area contributed by atoms with E-state index in [1.807, 2.05) is 52.0 Å². The third-order valence-corrected chi connectivity index (χ3v) is 8.23. The Morgan fingerprint density at radius 3 is 2.56 bits per heavy atom. The third-order valence-electron chi connectivity index (χ3n) is 8.23. The van der Waals surface area contributed by atoms with Crippen LogP contribution >= 0.6 is 0 Å². The number of nitrogens with one attached hydrogen (secondary N) is 1. The minimum absolute atomic E-state index is 0.00614. The molecule has 10 heteroatoms. The smallest absolute Gasteiger partial charge is 0.296 e. The number of hydroxylamine groups is 1. The van der Waals surface area contributed by atoms with Crippen LogP contribution in [0.2, 0.25) is 0 Å². The zero-order valence-electron chi connectivity index (χ0n) is 23.0. The van der Waals surface area contributed by atoms with E-state index in [0.29, 0.717) is 17.8 Å². The highest BCUT2D eigenvalue weighted by atomic mass is 16.7. The second-order valence-corrected chi connectivity index (χ2v) is 11.5. The van der Waals surface area contributed by atoms with Crippen molar-refractivity contribution in [3.63, 3.8) is 0 Å². The minimum Gasteiger partial charge on any atom is -0.503 e. The lowest BCUT2D eigenvalue weighted by Crippen LogP contribution is -2.76. The number of imidazole rings is 1. The molecule has 1 spiro atoms. The summed E-state index contributed by atoms with van der Waals surface area (Å²) in [5.74, 6) is -3.35. The molecule has 2 N–H and O–H groups in total. The molecule has 2 aromatic rings. The first-order chi connectivity index (χ1) is 18.3. The van der Waals surface area contributed by atoms with Gasteiger partial charge in [0, 0.05) is 23.6 Å². The maximum Gasteiger partial charge on any atom is 0.296 e. The van der Waals surface area contributed by atoms with E-state index in [2.05, 4.69) is 16.9 Å². The molecule has 39 heavy (non-hydrogen) atoms. The molecule has 2 unspecified atom stereocenters. The van der Waals surface area contributed by atoms with Gasteiger partial charge in [-0.1, -0.05) is 38.1 Å². The van der Waals surface area contributed by atoms with Crippen molar-refractivity contribution < 1.29 is 24.3 Å². The average molecular weight is 532 g/mol. The number of aromatic nitrogens is 2. The SMILES string of the molecule is C=CC(C)(C)C12C=C(O)C(=O)N3C(=Cc4cn(C(C)(C)CC(C)=O)cn4)C(=O)NC31N(OC)c1ccccc12. The Bertz CT molecular complexity index is 1480. The Labute approximate surface area is 227 Å². The van der Waals surface area contributed by atoms with Crippen molar-refractivity contribution in [3.05, 3.63) is 78.2 Å². The zero-order valence-corrected chi connectivity index (χ0v) is 23.0. The Balaban J connectivity index is 1.75. The second-order valence-electron chi connectivity index (χ2n) is 11.5. The summed E-state index contributed by atoms with van der Waals surface area (Å²) in [6.45, 7) is 13.3. The first-order valence-electron chi connectivity index (χ1n) is 12.7. The number of carbonyl (C=O) groups excluding carboxylic acids is 3. The Morgan fingerprint density at radius 2 is 1.92 bits per heavy atom. The predicted molar refractivity (Wildman–Crippen MR) is 145 cm³/mol. The van der Waals surface area contributed by atoms with Crippen molar-refractivity contribution in [2.75, 3.05) is 12.2 Å².